The van der Waals surface area contributed by atoms with Crippen LogP contribution in [0.1, 0.15) is 25.3 Å². The van der Waals surface area contributed by atoms with E-state index in [1.54, 1.807) is 7.05 Å². The Bertz CT molecular complexity index is 608. The third kappa shape index (κ3) is 9.38. The van der Waals surface area contributed by atoms with E-state index in [-0.39, 0.29) is 24.0 Å². The van der Waals surface area contributed by atoms with Crippen molar-refractivity contribution < 1.29 is 17.9 Å². The van der Waals surface area contributed by atoms with Gasteiger partial charge in [-0.15, -0.1) is 24.0 Å². The molecule has 1 aromatic rings. The van der Waals surface area contributed by atoms with E-state index in [1.165, 1.54) is 17.4 Å². The van der Waals surface area contributed by atoms with Gasteiger partial charge in [0.05, 0.1) is 6.61 Å². The lowest BCUT2D eigenvalue weighted by molar-refractivity contribution is -0.181. The fraction of sp³-hybridized carbons (Fsp3) is 0.667. The van der Waals surface area contributed by atoms with Crippen molar-refractivity contribution in [2.45, 2.75) is 38.4 Å². The Morgan fingerprint density at radius 1 is 1.10 bits per heavy atom. The summed E-state index contributed by atoms with van der Waals surface area (Å²) in [5.74, 6) is 0.759. The summed E-state index contributed by atoms with van der Waals surface area (Å²) in [6.45, 7) is 5.30. The molecule has 9 heteroatoms. The Balaban J connectivity index is 0.00000450. The maximum absolute atomic E-state index is 12.9. The zero-order valence-corrected chi connectivity index (χ0v) is 20.2. The van der Waals surface area contributed by atoms with Crippen LogP contribution in [0.5, 0.6) is 0 Å². The highest BCUT2D eigenvalue weighted by molar-refractivity contribution is 14.0. The molecule has 1 aliphatic rings. The van der Waals surface area contributed by atoms with Gasteiger partial charge in [0.15, 0.2) is 5.96 Å². The number of nitrogens with zero attached hydrogens (tertiary/aromatic N) is 3. The third-order valence-electron chi connectivity index (χ3n) is 5.22. The summed E-state index contributed by atoms with van der Waals surface area (Å²) in [6.07, 6.45) is -1.35. The predicted octanol–water partition coefficient (Wildman–Crippen LogP) is 3.79. The minimum absolute atomic E-state index is 0. The first kappa shape index (κ1) is 27.0. The Labute approximate surface area is 195 Å². The van der Waals surface area contributed by atoms with Crippen molar-refractivity contribution in [1.82, 2.24) is 15.1 Å². The quantitative estimate of drug-likeness (QED) is 0.223. The zero-order valence-electron chi connectivity index (χ0n) is 17.8. The Kier molecular flexibility index (Phi) is 12.7. The summed E-state index contributed by atoms with van der Waals surface area (Å²) in [7, 11) is 1.71. The fourth-order valence-corrected chi connectivity index (χ4v) is 3.33. The summed E-state index contributed by atoms with van der Waals surface area (Å²) in [5, 5.41) is 3.31. The lowest BCUT2D eigenvalue weighted by Crippen LogP contribution is -2.56. The summed E-state index contributed by atoms with van der Waals surface area (Å²) in [4.78, 5) is 7.78. The molecule has 0 amide bonds. The van der Waals surface area contributed by atoms with Gasteiger partial charge in [-0.1, -0.05) is 30.3 Å². The molecule has 2 rings (SSSR count). The van der Waals surface area contributed by atoms with Gasteiger partial charge < -0.3 is 15.0 Å². The monoisotopic (exact) mass is 542 g/mol. The Morgan fingerprint density at radius 2 is 1.77 bits per heavy atom. The molecule has 1 N–H and O–H groups in total. The number of ether oxygens (including phenoxy) is 1. The summed E-state index contributed by atoms with van der Waals surface area (Å²) in [6, 6.07) is 8.87. The van der Waals surface area contributed by atoms with Crippen LogP contribution >= 0.6 is 24.0 Å². The van der Waals surface area contributed by atoms with E-state index in [1.807, 2.05) is 23.1 Å². The number of piperazine rings is 1. The van der Waals surface area contributed by atoms with Crippen molar-refractivity contribution in [3.63, 3.8) is 0 Å². The normalized spacial score (nSPS) is 16.8. The van der Waals surface area contributed by atoms with Crippen LogP contribution in [0.25, 0.3) is 0 Å². The van der Waals surface area contributed by atoms with Crippen molar-refractivity contribution in [1.29, 1.82) is 0 Å². The number of alkyl halides is 3. The molecule has 1 aliphatic heterocycles. The van der Waals surface area contributed by atoms with Crippen molar-refractivity contribution in [3.05, 3.63) is 35.9 Å². The number of halogens is 4. The van der Waals surface area contributed by atoms with E-state index >= 15 is 0 Å². The minimum atomic E-state index is -4.18. The SMILES string of the molecule is CN=C(NCCCCOCCc1ccccc1)N1CCN(C(C)C(F)(F)F)CC1.I. The van der Waals surface area contributed by atoms with Crippen LogP contribution in [0.15, 0.2) is 35.3 Å². The molecule has 0 aliphatic carbocycles. The van der Waals surface area contributed by atoms with Crippen molar-refractivity contribution >= 4 is 29.9 Å². The molecule has 1 saturated heterocycles. The Hall–Kier alpha value is -1.07. The van der Waals surface area contributed by atoms with Gasteiger partial charge in [-0.25, -0.2) is 0 Å². The molecule has 0 aromatic heterocycles. The Morgan fingerprint density at radius 3 is 2.37 bits per heavy atom. The molecule has 1 fully saturated rings. The number of unbranched alkanes of at least 4 members (excludes halogenated alkanes) is 1. The van der Waals surface area contributed by atoms with Crippen LogP contribution in [0, 0.1) is 0 Å². The summed E-state index contributed by atoms with van der Waals surface area (Å²) >= 11 is 0. The number of benzene rings is 1. The molecular formula is C21H34F3IN4O. The van der Waals surface area contributed by atoms with E-state index in [0.717, 1.165) is 45.0 Å². The first-order chi connectivity index (χ1) is 13.9. The molecule has 1 heterocycles. The van der Waals surface area contributed by atoms with E-state index in [4.69, 9.17) is 4.74 Å². The van der Waals surface area contributed by atoms with Gasteiger partial charge in [-0.3, -0.25) is 9.89 Å². The molecule has 0 radical (unpaired) electrons. The topological polar surface area (TPSA) is 40.1 Å². The largest absolute Gasteiger partial charge is 0.403 e. The molecular weight excluding hydrogens is 508 g/mol. The molecule has 0 spiro atoms. The maximum atomic E-state index is 12.9. The van der Waals surface area contributed by atoms with E-state index in [9.17, 15) is 13.2 Å². The average molecular weight is 542 g/mol. The highest BCUT2D eigenvalue weighted by atomic mass is 127. The van der Waals surface area contributed by atoms with Crippen LogP contribution in [0.2, 0.25) is 0 Å². The van der Waals surface area contributed by atoms with E-state index in [2.05, 4.69) is 22.4 Å². The maximum Gasteiger partial charge on any atom is 0.403 e. The zero-order chi connectivity index (χ0) is 21.1. The predicted molar refractivity (Wildman–Crippen MR) is 126 cm³/mol. The van der Waals surface area contributed by atoms with Crippen LogP contribution in [0.3, 0.4) is 0 Å². The molecule has 1 atom stereocenters. The fourth-order valence-electron chi connectivity index (χ4n) is 3.33. The molecule has 1 unspecified atom stereocenters. The molecule has 1 aromatic carbocycles. The third-order valence-corrected chi connectivity index (χ3v) is 5.22. The van der Waals surface area contributed by atoms with E-state index < -0.39 is 12.2 Å². The first-order valence-corrected chi connectivity index (χ1v) is 10.3. The first-order valence-electron chi connectivity index (χ1n) is 10.3. The van der Waals surface area contributed by atoms with Crippen LogP contribution in [-0.2, 0) is 11.2 Å². The van der Waals surface area contributed by atoms with Gasteiger partial charge in [0.2, 0.25) is 0 Å². The van der Waals surface area contributed by atoms with Crippen LogP contribution in [0.4, 0.5) is 13.2 Å². The van der Waals surface area contributed by atoms with Crippen LogP contribution in [-0.4, -0.2) is 81.0 Å². The van der Waals surface area contributed by atoms with Crippen LogP contribution < -0.4 is 5.32 Å². The molecule has 0 bridgehead atoms. The van der Waals surface area contributed by atoms with Gasteiger partial charge in [-0.2, -0.15) is 13.2 Å². The number of rotatable bonds is 9. The minimum Gasteiger partial charge on any atom is -0.381 e. The van der Waals surface area contributed by atoms with Gasteiger partial charge in [-0.05, 0) is 31.7 Å². The van der Waals surface area contributed by atoms with E-state index in [0.29, 0.717) is 26.2 Å². The van der Waals surface area contributed by atoms with Gasteiger partial charge >= 0.3 is 6.18 Å². The second kappa shape index (κ2) is 14.1. The van der Waals surface area contributed by atoms with Gasteiger partial charge in [0.25, 0.3) is 0 Å². The van der Waals surface area contributed by atoms with Gasteiger partial charge in [0.1, 0.15) is 6.04 Å². The van der Waals surface area contributed by atoms with Crippen molar-refractivity contribution in [2.24, 2.45) is 4.99 Å². The highest BCUT2D eigenvalue weighted by Crippen LogP contribution is 2.25. The lowest BCUT2D eigenvalue weighted by Gasteiger charge is -2.39. The molecule has 5 nitrogen and oxygen atoms in total. The summed E-state index contributed by atoms with van der Waals surface area (Å²) in [5.41, 5.74) is 1.28. The number of nitrogens with one attached hydrogen (secondary N) is 1. The van der Waals surface area contributed by atoms with Gasteiger partial charge in [0, 0.05) is 46.4 Å². The lowest BCUT2D eigenvalue weighted by atomic mass is 10.2. The molecule has 172 valence electrons. The molecule has 30 heavy (non-hydrogen) atoms. The molecule has 0 saturated carbocycles. The number of guanidine groups is 1. The van der Waals surface area contributed by atoms with Crippen molar-refractivity contribution in [2.75, 3.05) is 53.0 Å². The number of hydrogen-bond donors (Lipinski definition) is 1. The number of hydrogen-bond acceptors (Lipinski definition) is 3. The number of aliphatic imine (C=N–C) groups is 1. The van der Waals surface area contributed by atoms with Crippen molar-refractivity contribution in [3.8, 4) is 0 Å². The summed E-state index contributed by atoms with van der Waals surface area (Å²) < 4.78 is 44.3. The highest BCUT2D eigenvalue weighted by Gasteiger charge is 2.41. The standard InChI is InChI=1S/C21H33F3N4O.HI/c1-18(21(22,23)24)27-12-14-28(15-13-27)20(25-2)26-11-6-7-16-29-17-10-19-8-4-3-5-9-19;/h3-5,8-9,18H,6-7,10-17H2,1-2H3,(H,25,26);1H. The average Bonchev–Trinajstić information content (AvgIpc) is 2.72. The second-order valence-electron chi connectivity index (χ2n) is 7.27. The smallest absolute Gasteiger partial charge is 0.381 e. The second-order valence-corrected chi connectivity index (χ2v) is 7.27.